The first-order valence-electron chi connectivity index (χ1n) is 5.11. The highest BCUT2D eigenvalue weighted by Crippen LogP contribution is 2.14. The molecule has 5 nitrogen and oxygen atoms in total. The Bertz CT molecular complexity index is 216. The van der Waals surface area contributed by atoms with Crippen molar-refractivity contribution in [1.82, 2.24) is 0 Å². The number of carboxylic acid groups (broad SMARTS) is 1. The number of rotatable bonds is 6. The minimum Gasteiger partial charge on any atom is -0.478 e. The molecule has 1 atom stereocenters. The summed E-state index contributed by atoms with van der Waals surface area (Å²) in [5.41, 5.74) is 0.399. The van der Waals surface area contributed by atoms with Gasteiger partial charge in [0, 0.05) is 19.8 Å². The van der Waals surface area contributed by atoms with Gasteiger partial charge in [-0.1, -0.05) is 6.08 Å². The molecule has 0 radical (unpaired) electrons. The molecule has 1 fully saturated rings. The van der Waals surface area contributed by atoms with E-state index in [0.717, 1.165) is 13.0 Å². The molecule has 1 unspecified atom stereocenters. The van der Waals surface area contributed by atoms with Crippen LogP contribution in [0.2, 0.25) is 0 Å². The number of epoxide rings is 1. The van der Waals surface area contributed by atoms with Crippen LogP contribution < -0.4 is 0 Å². The van der Waals surface area contributed by atoms with Crippen molar-refractivity contribution in [2.45, 2.75) is 19.4 Å². The number of ether oxygens (including phenoxy) is 3. The Morgan fingerprint density at radius 3 is 2.25 bits per heavy atom. The van der Waals surface area contributed by atoms with Gasteiger partial charge in [-0.2, -0.15) is 0 Å². The molecular weight excluding hydrogens is 212 g/mol. The zero-order chi connectivity index (χ0) is 12.4. The predicted octanol–water partition coefficient (Wildman–Crippen LogP) is 1.09. The van der Waals surface area contributed by atoms with Crippen LogP contribution in [0.5, 0.6) is 0 Å². The third-order valence-corrected chi connectivity index (χ3v) is 1.92. The Kier molecular flexibility index (Phi) is 8.80. The number of aliphatic carboxylic acids is 1. The molecule has 0 aromatic carbocycles. The van der Waals surface area contributed by atoms with Crippen LogP contribution in [-0.2, 0) is 19.0 Å². The third kappa shape index (κ3) is 9.64. The van der Waals surface area contributed by atoms with Gasteiger partial charge in [-0.3, -0.25) is 0 Å². The first-order valence-corrected chi connectivity index (χ1v) is 5.11. The fraction of sp³-hybridized carbons (Fsp3) is 0.727. The molecule has 5 heteroatoms. The lowest BCUT2D eigenvalue weighted by Crippen LogP contribution is -1.96. The molecule has 1 heterocycles. The predicted molar refractivity (Wildman–Crippen MR) is 59.5 cm³/mol. The lowest BCUT2D eigenvalue weighted by molar-refractivity contribution is -0.132. The van der Waals surface area contributed by atoms with Crippen LogP contribution >= 0.6 is 0 Å². The molecular formula is C11H20O5. The summed E-state index contributed by atoms with van der Waals surface area (Å²) in [5, 5.41) is 8.41. The average molecular weight is 232 g/mol. The van der Waals surface area contributed by atoms with Crippen LogP contribution in [0.4, 0.5) is 0 Å². The van der Waals surface area contributed by atoms with Crippen LogP contribution in [0.3, 0.4) is 0 Å². The van der Waals surface area contributed by atoms with Gasteiger partial charge in [0.15, 0.2) is 0 Å². The second-order valence-electron chi connectivity index (χ2n) is 3.37. The van der Waals surface area contributed by atoms with E-state index in [0.29, 0.717) is 18.8 Å². The zero-order valence-electron chi connectivity index (χ0n) is 10.1. The van der Waals surface area contributed by atoms with Gasteiger partial charge < -0.3 is 19.3 Å². The molecule has 0 aromatic rings. The summed E-state index contributed by atoms with van der Waals surface area (Å²) in [7, 11) is 3.30. The van der Waals surface area contributed by atoms with Gasteiger partial charge in [0.25, 0.3) is 0 Å². The molecule has 1 aliphatic rings. The normalized spacial score (nSPS) is 18.7. The summed E-state index contributed by atoms with van der Waals surface area (Å²) >= 11 is 0. The molecule has 0 spiro atoms. The van der Waals surface area contributed by atoms with Crippen molar-refractivity contribution < 1.29 is 24.1 Å². The summed E-state index contributed by atoms with van der Waals surface area (Å²) in [6, 6.07) is 0. The van der Waals surface area contributed by atoms with Gasteiger partial charge in [0.2, 0.25) is 0 Å². The largest absolute Gasteiger partial charge is 0.478 e. The highest BCUT2D eigenvalue weighted by Gasteiger charge is 2.20. The maximum Gasteiger partial charge on any atom is 0.330 e. The van der Waals surface area contributed by atoms with Crippen molar-refractivity contribution in [3.05, 3.63) is 11.6 Å². The Morgan fingerprint density at radius 1 is 1.44 bits per heavy atom. The van der Waals surface area contributed by atoms with Crippen LogP contribution in [0.15, 0.2) is 11.6 Å². The molecule has 0 saturated carbocycles. The summed E-state index contributed by atoms with van der Waals surface area (Å²) in [6.07, 6.45) is 2.72. The summed E-state index contributed by atoms with van der Waals surface area (Å²) in [4.78, 5) is 10.2. The minimum absolute atomic E-state index is 0.286. The molecule has 1 aliphatic heterocycles. The van der Waals surface area contributed by atoms with Crippen LogP contribution in [0.25, 0.3) is 0 Å². The lowest BCUT2D eigenvalue weighted by Gasteiger charge is -1.91. The fourth-order valence-corrected chi connectivity index (χ4v) is 0.766. The standard InChI is InChI=1S/C7H10O3.C4H10O2/c1-5(7(8)9)2-3-6-4-10-6;1-5-3-4-6-2/h2,6H,3-4H2,1H3,(H,8,9);3-4H2,1-2H3. The topological polar surface area (TPSA) is 68.3 Å². The summed E-state index contributed by atoms with van der Waals surface area (Å²) < 4.78 is 14.2. The second kappa shape index (κ2) is 9.33. The first-order chi connectivity index (χ1) is 7.61. The molecule has 94 valence electrons. The van der Waals surface area contributed by atoms with Crippen molar-refractivity contribution in [2.24, 2.45) is 0 Å². The van der Waals surface area contributed by atoms with E-state index in [2.05, 4.69) is 9.47 Å². The van der Waals surface area contributed by atoms with E-state index in [-0.39, 0.29) is 6.10 Å². The van der Waals surface area contributed by atoms with Crippen molar-refractivity contribution >= 4 is 5.97 Å². The highest BCUT2D eigenvalue weighted by molar-refractivity contribution is 5.85. The van der Waals surface area contributed by atoms with Crippen LogP contribution in [0, 0.1) is 0 Å². The van der Waals surface area contributed by atoms with Crippen molar-refractivity contribution in [1.29, 1.82) is 0 Å². The van der Waals surface area contributed by atoms with E-state index in [9.17, 15) is 4.79 Å². The van der Waals surface area contributed by atoms with E-state index >= 15 is 0 Å². The highest BCUT2D eigenvalue weighted by atomic mass is 16.6. The smallest absolute Gasteiger partial charge is 0.330 e. The Hall–Kier alpha value is -0.910. The van der Waals surface area contributed by atoms with E-state index in [4.69, 9.17) is 9.84 Å². The number of methoxy groups -OCH3 is 2. The molecule has 0 amide bonds. The van der Waals surface area contributed by atoms with Crippen molar-refractivity contribution in [3.63, 3.8) is 0 Å². The minimum atomic E-state index is -0.847. The summed E-state index contributed by atoms with van der Waals surface area (Å²) in [6.45, 7) is 3.75. The van der Waals surface area contributed by atoms with Crippen molar-refractivity contribution in [2.75, 3.05) is 34.0 Å². The fourth-order valence-electron chi connectivity index (χ4n) is 0.766. The molecule has 1 saturated heterocycles. The maximum atomic E-state index is 10.2. The zero-order valence-corrected chi connectivity index (χ0v) is 10.1. The SMILES string of the molecule is CC(=CCC1CO1)C(=O)O.COCCOC. The van der Waals surface area contributed by atoms with Gasteiger partial charge in [-0.05, 0) is 13.3 Å². The Balaban J connectivity index is 0.000000325. The molecule has 0 aliphatic carbocycles. The number of carboxylic acids is 1. The summed E-state index contributed by atoms with van der Waals surface area (Å²) in [5.74, 6) is -0.847. The van der Waals surface area contributed by atoms with Gasteiger partial charge in [-0.15, -0.1) is 0 Å². The number of carbonyl (C=O) groups is 1. The van der Waals surface area contributed by atoms with E-state index in [1.165, 1.54) is 0 Å². The van der Waals surface area contributed by atoms with Gasteiger partial charge in [0.05, 0.1) is 25.9 Å². The van der Waals surface area contributed by atoms with Gasteiger partial charge in [0.1, 0.15) is 0 Å². The van der Waals surface area contributed by atoms with Gasteiger partial charge in [-0.25, -0.2) is 4.79 Å². The molecule has 0 bridgehead atoms. The maximum absolute atomic E-state index is 10.2. The molecule has 0 aromatic heterocycles. The van der Waals surface area contributed by atoms with Crippen LogP contribution in [0.1, 0.15) is 13.3 Å². The Morgan fingerprint density at radius 2 is 1.94 bits per heavy atom. The Labute approximate surface area is 96.0 Å². The molecule has 1 N–H and O–H groups in total. The lowest BCUT2D eigenvalue weighted by atomic mass is 10.2. The first kappa shape index (κ1) is 15.1. The second-order valence-corrected chi connectivity index (χ2v) is 3.37. The quantitative estimate of drug-likeness (QED) is 0.421. The third-order valence-electron chi connectivity index (χ3n) is 1.92. The van der Waals surface area contributed by atoms with Gasteiger partial charge >= 0.3 is 5.97 Å². The number of hydrogen-bond acceptors (Lipinski definition) is 4. The monoisotopic (exact) mass is 232 g/mol. The average Bonchev–Trinajstić information content (AvgIpc) is 3.07. The molecule has 1 rings (SSSR count). The van der Waals surface area contributed by atoms with Crippen molar-refractivity contribution in [3.8, 4) is 0 Å². The van der Waals surface area contributed by atoms with E-state index in [1.807, 2.05) is 0 Å². The van der Waals surface area contributed by atoms with E-state index < -0.39 is 5.97 Å². The van der Waals surface area contributed by atoms with E-state index in [1.54, 1.807) is 27.2 Å². The van der Waals surface area contributed by atoms with Crippen LogP contribution in [-0.4, -0.2) is 51.2 Å². The number of hydrogen-bond donors (Lipinski definition) is 1. The molecule has 16 heavy (non-hydrogen) atoms.